The SMILES string of the molecule is N#CC1(C#N)C(c2cccs2)C(C(=O)c2ccccc2)N2c3ccccc3C=CC21. The van der Waals surface area contributed by atoms with Crippen LogP contribution in [-0.4, -0.2) is 17.9 Å². The summed E-state index contributed by atoms with van der Waals surface area (Å²) in [5, 5.41) is 22.5. The second kappa shape index (κ2) is 6.99. The predicted octanol–water partition coefficient (Wildman–Crippen LogP) is 5.03. The van der Waals surface area contributed by atoms with Gasteiger partial charge in [-0.3, -0.25) is 4.79 Å². The van der Waals surface area contributed by atoms with Crippen LogP contribution in [0.1, 0.15) is 26.7 Å². The van der Waals surface area contributed by atoms with Crippen molar-refractivity contribution in [1.82, 2.24) is 0 Å². The third-order valence-corrected chi connectivity index (χ3v) is 7.05. The average Bonchev–Trinajstić information content (AvgIpc) is 3.43. The van der Waals surface area contributed by atoms with E-state index in [2.05, 4.69) is 12.1 Å². The number of hydrogen-bond donors (Lipinski definition) is 0. The summed E-state index contributed by atoms with van der Waals surface area (Å²) >= 11 is 1.49. The highest BCUT2D eigenvalue weighted by molar-refractivity contribution is 7.10. The molecular formula is C25H17N3OS. The van der Waals surface area contributed by atoms with Crippen LogP contribution in [-0.2, 0) is 0 Å². The Bertz CT molecular complexity index is 1200. The number of thiophene rings is 1. The number of nitriles is 2. The van der Waals surface area contributed by atoms with Gasteiger partial charge in [0.1, 0.15) is 6.04 Å². The highest BCUT2D eigenvalue weighted by Gasteiger charge is 2.63. The lowest BCUT2D eigenvalue weighted by Gasteiger charge is -2.35. The summed E-state index contributed by atoms with van der Waals surface area (Å²) in [6.45, 7) is 0. The van der Waals surface area contributed by atoms with Gasteiger partial charge in [0, 0.05) is 16.1 Å². The largest absolute Gasteiger partial charge is 0.351 e. The van der Waals surface area contributed by atoms with E-state index in [1.165, 1.54) is 11.3 Å². The molecule has 2 aromatic carbocycles. The number of hydrogen-bond acceptors (Lipinski definition) is 5. The van der Waals surface area contributed by atoms with Crippen molar-refractivity contribution in [2.75, 3.05) is 4.90 Å². The lowest BCUT2D eigenvalue weighted by Crippen LogP contribution is -2.44. The molecule has 1 saturated heterocycles. The average molecular weight is 407 g/mol. The molecule has 1 aromatic heterocycles. The van der Waals surface area contributed by atoms with Crippen molar-refractivity contribution < 1.29 is 4.79 Å². The third-order valence-electron chi connectivity index (χ3n) is 6.09. The van der Waals surface area contributed by atoms with E-state index in [0.29, 0.717) is 5.56 Å². The van der Waals surface area contributed by atoms with Crippen molar-refractivity contribution in [3.05, 3.63) is 94.2 Å². The van der Waals surface area contributed by atoms with Gasteiger partial charge in [-0.25, -0.2) is 0 Å². The zero-order valence-corrected chi connectivity index (χ0v) is 16.8. The molecule has 2 aliphatic rings. The molecule has 3 atom stereocenters. The second-order valence-electron chi connectivity index (χ2n) is 7.53. The molecule has 5 heteroatoms. The maximum atomic E-state index is 13.9. The van der Waals surface area contributed by atoms with E-state index in [9.17, 15) is 15.3 Å². The molecule has 0 amide bonds. The quantitative estimate of drug-likeness (QED) is 0.571. The topological polar surface area (TPSA) is 67.9 Å². The Morgan fingerprint density at radius 2 is 1.70 bits per heavy atom. The molecule has 3 unspecified atom stereocenters. The lowest BCUT2D eigenvalue weighted by atomic mass is 9.71. The van der Waals surface area contributed by atoms with Crippen LogP contribution in [0.2, 0.25) is 0 Å². The zero-order chi connectivity index (χ0) is 20.7. The number of fused-ring (bicyclic) bond motifs is 3. The molecule has 3 aromatic rings. The Balaban J connectivity index is 1.78. The van der Waals surface area contributed by atoms with Crippen LogP contribution in [0.25, 0.3) is 6.08 Å². The molecule has 0 radical (unpaired) electrons. The standard InChI is InChI=1S/C25H17N3OS/c26-15-25(16-27)21-13-12-17-7-4-5-10-19(17)28(21)23(22(25)20-11-6-14-30-20)24(29)18-8-2-1-3-9-18/h1-14,21-23H. The molecule has 5 rings (SSSR count). The Kier molecular flexibility index (Phi) is 4.28. The maximum absolute atomic E-state index is 13.9. The van der Waals surface area contributed by atoms with E-state index in [1.54, 1.807) is 12.1 Å². The van der Waals surface area contributed by atoms with Gasteiger partial charge in [-0.2, -0.15) is 10.5 Å². The lowest BCUT2D eigenvalue weighted by molar-refractivity contribution is 0.0951. The fourth-order valence-electron chi connectivity index (χ4n) is 4.78. The number of rotatable bonds is 3. The molecule has 30 heavy (non-hydrogen) atoms. The molecule has 0 aliphatic carbocycles. The fourth-order valence-corrected chi connectivity index (χ4v) is 5.72. The number of anilines is 1. The van der Waals surface area contributed by atoms with Crippen molar-refractivity contribution in [3.8, 4) is 12.1 Å². The minimum atomic E-state index is -1.37. The van der Waals surface area contributed by atoms with Gasteiger partial charge in [-0.05, 0) is 23.1 Å². The van der Waals surface area contributed by atoms with Gasteiger partial charge in [0.2, 0.25) is 0 Å². The molecule has 0 saturated carbocycles. The zero-order valence-electron chi connectivity index (χ0n) is 16.0. The summed E-state index contributed by atoms with van der Waals surface area (Å²) in [6, 6.07) is 24.3. The van der Waals surface area contributed by atoms with E-state index < -0.39 is 23.4 Å². The monoisotopic (exact) mass is 407 g/mol. The van der Waals surface area contributed by atoms with Crippen molar-refractivity contribution >= 4 is 28.9 Å². The summed E-state index contributed by atoms with van der Waals surface area (Å²) in [6.07, 6.45) is 3.87. The number of carbonyl (C=O) groups is 1. The summed E-state index contributed by atoms with van der Waals surface area (Å²) in [4.78, 5) is 16.7. The van der Waals surface area contributed by atoms with Crippen LogP contribution in [0.3, 0.4) is 0 Å². The summed E-state index contributed by atoms with van der Waals surface area (Å²) in [5.41, 5.74) is 1.08. The highest BCUT2D eigenvalue weighted by atomic mass is 32.1. The number of nitrogens with zero attached hydrogens (tertiary/aromatic N) is 3. The van der Waals surface area contributed by atoms with E-state index in [4.69, 9.17) is 0 Å². The van der Waals surface area contributed by atoms with Crippen LogP contribution in [0.4, 0.5) is 5.69 Å². The van der Waals surface area contributed by atoms with E-state index >= 15 is 0 Å². The van der Waals surface area contributed by atoms with Crippen LogP contribution in [0.15, 0.2) is 78.2 Å². The number of carbonyl (C=O) groups excluding carboxylic acids is 1. The van der Waals surface area contributed by atoms with Crippen molar-refractivity contribution in [2.45, 2.75) is 18.0 Å². The molecule has 3 heterocycles. The van der Waals surface area contributed by atoms with Crippen molar-refractivity contribution in [2.24, 2.45) is 5.41 Å². The van der Waals surface area contributed by atoms with Crippen LogP contribution >= 0.6 is 11.3 Å². The number of Topliss-reactive ketones (excluding diaryl/α,β-unsaturated/α-hetero) is 1. The first-order chi connectivity index (χ1) is 14.7. The minimum absolute atomic E-state index is 0.0727. The summed E-state index contributed by atoms with van der Waals surface area (Å²) in [5.74, 6) is -0.627. The van der Waals surface area contributed by atoms with Crippen molar-refractivity contribution in [3.63, 3.8) is 0 Å². The van der Waals surface area contributed by atoms with Crippen LogP contribution in [0.5, 0.6) is 0 Å². The molecule has 2 aliphatic heterocycles. The predicted molar refractivity (Wildman–Crippen MR) is 117 cm³/mol. The molecule has 0 N–H and O–H groups in total. The van der Waals surface area contributed by atoms with Gasteiger partial charge in [0.05, 0.1) is 24.1 Å². The van der Waals surface area contributed by atoms with Gasteiger partial charge >= 0.3 is 0 Å². The molecule has 1 fully saturated rings. The minimum Gasteiger partial charge on any atom is -0.351 e. The summed E-state index contributed by atoms with van der Waals surface area (Å²) in [7, 11) is 0. The third kappa shape index (κ3) is 2.46. The molecule has 0 bridgehead atoms. The number of ketones is 1. The first kappa shape index (κ1) is 18.4. The second-order valence-corrected chi connectivity index (χ2v) is 8.51. The Labute approximate surface area is 178 Å². The normalized spacial score (nSPS) is 23.1. The Hall–Kier alpha value is -3.67. The van der Waals surface area contributed by atoms with Gasteiger partial charge in [-0.1, -0.05) is 66.7 Å². The Morgan fingerprint density at radius 1 is 0.967 bits per heavy atom. The summed E-state index contributed by atoms with van der Waals surface area (Å²) < 4.78 is 0. The first-order valence-corrected chi connectivity index (χ1v) is 10.6. The molecule has 144 valence electrons. The van der Waals surface area contributed by atoms with E-state index in [-0.39, 0.29) is 5.78 Å². The maximum Gasteiger partial charge on any atom is 0.185 e. The van der Waals surface area contributed by atoms with E-state index in [0.717, 1.165) is 16.1 Å². The molecule has 0 spiro atoms. The Morgan fingerprint density at radius 3 is 2.40 bits per heavy atom. The van der Waals surface area contributed by atoms with Gasteiger partial charge in [0.15, 0.2) is 11.2 Å². The highest BCUT2D eigenvalue weighted by Crippen LogP contribution is 2.56. The number of para-hydroxylation sites is 1. The fraction of sp³-hybridized carbons (Fsp3) is 0.160. The van der Waals surface area contributed by atoms with Gasteiger partial charge < -0.3 is 4.90 Å². The molecule has 4 nitrogen and oxygen atoms in total. The number of benzene rings is 2. The first-order valence-electron chi connectivity index (χ1n) is 9.72. The van der Waals surface area contributed by atoms with E-state index in [1.807, 2.05) is 77.0 Å². The van der Waals surface area contributed by atoms with Gasteiger partial charge in [-0.15, -0.1) is 11.3 Å². The van der Waals surface area contributed by atoms with Crippen LogP contribution < -0.4 is 4.90 Å². The smallest absolute Gasteiger partial charge is 0.185 e. The molecular weight excluding hydrogens is 390 g/mol. The van der Waals surface area contributed by atoms with Crippen LogP contribution in [0, 0.1) is 28.1 Å². The van der Waals surface area contributed by atoms with Gasteiger partial charge in [0.25, 0.3) is 0 Å². The van der Waals surface area contributed by atoms with Crippen molar-refractivity contribution in [1.29, 1.82) is 10.5 Å².